The van der Waals surface area contributed by atoms with Gasteiger partial charge in [-0.25, -0.2) is 4.98 Å². The minimum Gasteiger partial charge on any atom is -0.481 e. The molecule has 0 spiro atoms. The first-order valence-electron chi connectivity index (χ1n) is 4.97. The zero-order chi connectivity index (χ0) is 11.2. The third-order valence-electron chi connectivity index (χ3n) is 2.02. The summed E-state index contributed by atoms with van der Waals surface area (Å²) in [5.41, 5.74) is 0. The highest BCUT2D eigenvalue weighted by molar-refractivity contribution is 5.26. The summed E-state index contributed by atoms with van der Waals surface area (Å²) in [7, 11) is 1.58. The van der Waals surface area contributed by atoms with E-state index in [1.807, 2.05) is 16.9 Å². The number of hydrogen-bond acceptors (Lipinski definition) is 5. The molecule has 0 aliphatic carbocycles. The van der Waals surface area contributed by atoms with E-state index in [1.54, 1.807) is 25.6 Å². The Bertz CT molecular complexity index is 429. The molecule has 6 heteroatoms. The molecule has 0 atom stereocenters. The predicted octanol–water partition coefficient (Wildman–Crippen LogP) is 0.794. The quantitative estimate of drug-likeness (QED) is 0.805. The molecular weight excluding hydrogens is 206 g/mol. The molecule has 0 aliphatic rings. The van der Waals surface area contributed by atoms with Crippen molar-refractivity contribution in [3.63, 3.8) is 0 Å². The van der Waals surface area contributed by atoms with E-state index in [0.29, 0.717) is 11.8 Å². The van der Waals surface area contributed by atoms with Gasteiger partial charge in [-0.2, -0.15) is 10.1 Å². The van der Waals surface area contributed by atoms with Gasteiger partial charge in [0.15, 0.2) is 0 Å². The normalized spacial score (nSPS) is 10.1. The lowest BCUT2D eigenvalue weighted by Gasteiger charge is -2.05. The highest BCUT2D eigenvalue weighted by Crippen LogP contribution is 2.06. The van der Waals surface area contributed by atoms with E-state index in [-0.39, 0.29) is 0 Å². The smallest absolute Gasteiger partial charge is 0.226 e. The second kappa shape index (κ2) is 5.11. The van der Waals surface area contributed by atoms with Gasteiger partial charge in [0.2, 0.25) is 11.8 Å². The second-order valence-corrected chi connectivity index (χ2v) is 3.12. The Morgan fingerprint density at radius 1 is 1.44 bits per heavy atom. The van der Waals surface area contributed by atoms with Crippen molar-refractivity contribution in [3.05, 3.63) is 30.7 Å². The maximum absolute atomic E-state index is 5.00. The Kier molecular flexibility index (Phi) is 3.32. The summed E-state index contributed by atoms with van der Waals surface area (Å²) in [5.74, 6) is 1.11. The molecule has 6 nitrogen and oxygen atoms in total. The molecule has 0 saturated carbocycles. The van der Waals surface area contributed by atoms with E-state index in [1.165, 1.54) is 0 Å². The summed E-state index contributed by atoms with van der Waals surface area (Å²) in [6, 6.07) is 3.60. The van der Waals surface area contributed by atoms with Gasteiger partial charge in [0.1, 0.15) is 0 Å². The van der Waals surface area contributed by atoms with E-state index in [9.17, 15) is 0 Å². The molecule has 2 aromatic heterocycles. The fraction of sp³-hybridized carbons (Fsp3) is 0.300. The zero-order valence-corrected chi connectivity index (χ0v) is 9.00. The summed E-state index contributed by atoms with van der Waals surface area (Å²) < 4.78 is 6.84. The number of aromatic nitrogens is 4. The molecule has 0 bridgehead atoms. The molecule has 0 unspecified atom stereocenters. The van der Waals surface area contributed by atoms with E-state index in [4.69, 9.17) is 4.74 Å². The number of nitrogens with zero attached hydrogens (tertiary/aromatic N) is 4. The van der Waals surface area contributed by atoms with Crippen LogP contribution >= 0.6 is 0 Å². The van der Waals surface area contributed by atoms with Gasteiger partial charge in [-0.3, -0.25) is 4.68 Å². The minimum absolute atomic E-state index is 0.552. The van der Waals surface area contributed by atoms with Crippen molar-refractivity contribution < 1.29 is 4.74 Å². The van der Waals surface area contributed by atoms with Gasteiger partial charge in [0, 0.05) is 31.2 Å². The van der Waals surface area contributed by atoms with Crippen molar-refractivity contribution in [3.8, 4) is 5.88 Å². The van der Waals surface area contributed by atoms with Crippen LogP contribution in [0.15, 0.2) is 30.7 Å². The zero-order valence-electron chi connectivity index (χ0n) is 9.00. The van der Waals surface area contributed by atoms with Crippen LogP contribution in [0.4, 0.5) is 5.95 Å². The second-order valence-electron chi connectivity index (χ2n) is 3.12. The predicted molar refractivity (Wildman–Crippen MR) is 59.3 cm³/mol. The maximum atomic E-state index is 5.00. The maximum Gasteiger partial charge on any atom is 0.226 e. The van der Waals surface area contributed by atoms with E-state index < -0.39 is 0 Å². The van der Waals surface area contributed by atoms with Crippen LogP contribution < -0.4 is 10.1 Å². The van der Waals surface area contributed by atoms with Gasteiger partial charge in [0.05, 0.1) is 13.7 Å². The molecule has 2 rings (SSSR count). The third kappa shape index (κ3) is 2.69. The van der Waals surface area contributed by atoms with Crippen LogP contribution in [-0.2, 0) is 6.54 Å². The SMILES string of the molecule is COc1ccnc(NCCn2cccn2)n1. The van der Waals surface area contributed by atoms with Gasteiger partial charge >= 0.3 is 0 Å². The Labute approximate surface area is 93.3 Å². The number of ether oxygens (including phenoxy) is 1. The van der Waals surface area contributed by atoms with Crippen molar-refractivity contribution in [2.45, 2.75) is 6.54 Å². The fourth-order valence-electron chi connectivity index (χ4n) is 1.26. The lowest BCUT2D eigenvalue weighted by Crippen LogP contribution is -2.12. The highest BCUT2D eigenvalue weighted by Gasteiger charge is 1.97. The molecule has 2 aromatic rings. The fourth-order valence-corrected chi connectivity index (χ4v) is 1.26. The van der Waals surface area contributed by atoms with Crippen LogP contribution in [0.3, 0.4) is 0 Å². The first kappa shape index (κ1) is 10.4. The van der Waals surface area contributed by atoms with Crippen LogP contribution in [0.1, 0.15) is 0 Å². The molecule has 0 aromatic carbocycles. The molecule has 0 fully saturated rings. The van der Waals surface area contributed by atoms with Crippen molar-refractivity contribution in [1.29, 1.82) is 0 Å². The van der Waals surface area contributed by atoms with E-state index >= 15 is 0 Å². The molecule has 2 heterocycles. The van der Waals surface area contributed by atoms with Crippen LogP contribution in [-0.4, -0.2) is 33.4 Å². The molecule has 0 saturated heterocycles. The summed E-state index contributed by atoms with van der Waals surface area (Å²) in [5, 5.41) is 7.19. The Morgan fingerprint density at radius 3 is 3.12 bits per heavy atom. The largest absolute Gasteiger partial charge is 0.481 e. The number of hydrogen-bond donors (Lipinski definition) is 1. The Morgan fingerprint density at radius 2 is 2.38 bits per heavy atom. The van der Waals surface area contributed by atoms with Crippen LogP contribution in [0.5, 0.6) is 5.88 Å². The molecule has 16 heavy (non-hydrogen) atoms. The minimum atomic E-state index is 0.552. The number of anilines is 1. The average molecular weight is 219 g/mol. The first-order chi connectivity index (χ1) is 7.88. The van der Waals surface area contributed by atoms with Crippen molar-refractivity contribution in [1.82, 2.24) is 19.7 Å². The van der Waals surface area contributed by atoms with Crippen molar-refractivity contribution in [2.24, 2.45) is 0 Å². The van der Waals surface area contributed by atoms with Crippen molar-refractivity contribution >= 4 is 5.95 Å². The summed E-state index contributed by atoms with van der Waals surface area (Å²) in [4.78, 5) is 8.21. The Hall–Kier alpha value is -2.11. The Balaban J connectivity index is 1.85. The topological polar surface area (TPSA) is 64.9 Å². The van der Waals surface area contributed by atoms with Gasteiger partial charge in [-0.15, -0.1) is 0 Å². The number of nitrogens with one attached hydrogen (secondary N) is 1. The summed E-state index contributed by atoms with van der Waals surface area (Å²) in [6.07, 6.45) is 5.32. The first-order valence-corrected chi connectivity index (χ1v) is 4.97. The third-order valence-corrected chi connectivity index (χ3v) is 2.02. The van der Waals surface area contributed by atoms with Crippen molar-refractivity contribution in [2.75, 3.05) is 19.0 Å². The molecule has 0 radical (unpaired) electrons. The van der Waals surface area contributed by atoms with E-state index in [2.05, 4.69) is 20.4 Å². The lowest BCUT2D eigenvalue weighted by molar-refractivity contribution is 0.397. The van der Waals surface area contributed by atoms with Gasteiger partial charge < -0.3 is 10.1 Å². The average Bonchev–Trinajstić information content (AvgIpc) is 2.82. The number of rotatable bonds is 5. The van der Waals surface area contributed by atoms with Gasteiger partial charge in [-0.1, -0.05) is 0 Å². The molecule has 0 amide bonds. The van der Waals surface area contributed by atoms with E-state index in [0.717, 1.165) is 13.1 Å². The monoisotopic (exact) mass is 219 g/mol. The van der Waals surface area contributed by atoms with Crippen LogP contribution in [0.25, 0.3) is 0 Å². The standard InChI is InChI=1S/C10H13N5O/c1-16-9-3-5-11-10(14-9)12-6-8-15-7-2-4-13-15/h2-5,7H,6,8H2,1H3,(H,11,12,14). The molecule has 1 N–H and O–H groups in total. The molecular formula is C10H13N5O. The summed E-state index contributed by atoms with van der Waals surface area (Å²) in [6.45, 7) is 1.49. The molecule has 0 aliphatic heterocycles. The van der Waals surface area contributed by atoms with Gasteiger partial charge in [0.25, 0.3) is 0 Å². The molecule has 84 valence electrons. The van der Waals surface area contributed by atoms with Crippen LogP contribution in [0, 0.1) is 0 Å². The van der Waals surface area contributed by atoms with Gasteiger partial charge in [-0.05, 0) is 6.07 Å². The lowest BCUT2D eigenvalue weighted by atomic mass is 10.6. The van der Waals surface area contributed by atoms with Crippen LogP contribution in [0.2, 0.25) is 0 Å². The summed E-state index contributed by atoms with van der Waals surface area (Å²) >= 11 is 0. The number of methoxy groups -OCH3 is 1. The highest BCUT2D eigenvalue weighted by atomic mass is 16.5.